The molecule has 0 spiro atoms. The quantitative estimate of drug-likeness (QED) is 0.632. The van der Waals surface area contributed by atoms with E-state index in [-0.39, 0.29) is 0 Å². The van der Waals surface area contributed by atoms with Crippen LogP contribution < -0.4 is 0 Å². The molecular formula is C15H22. The summed E-state index contributed by atoms with van der Waals surface area (Å²) in [7, 11) is 0. The zero-order valence-corrected chi connectivity index (χ0v) is 10.1. The van der Waals surface area contributed by atoms with Gasteiger partial charge < -0.3 is 0 Å². The van der Waals surface area contributed by atoms with Gasteiger partial charge in [0.25, 0.3) is 0 Å². The lowest BCUT2D eigenvalue weighted by atomic mass is 9.96. The third-order valence-corrected chi connectivity index (χ3v) is 3.31. The second kappa shape index (κ2) is 4.83. The number of hydrogen-bond donors (Lipinski definition) is 0. The fourth-order valence-electron chi connectivity index (χ4n) is 2.56. The molecule has 2 rings (SSSR count). The highest BCUT2D eigenvalue weighted by Gasteiger charge is 2.08. The molecule has 15 heavy (non-hydrogen) atoms. The first-order chi connectivity index (χ1) is 7.25. The van der Waals surface area contributed by atoms with Gasteiger partial charge in [-0.1, -0.05) is 38.5 Å². The van der Waals surface area contributed by atoms with Gasteiger partial charge in [0, 0.05) is 0 Å². The van der Waals surface area contributed by atoms with Crippen molar-refractivity contribution in [1.29, 1.82) is 0 Å². The van der Waals surface area contributed by atoms with Gasteiger partial charge in [-0.15, -0.1) is 0 Å². The molecular weight excluding hydrogens is 180 g/mol. The molecule has 0 heterocycles. The minimum absolute atomic E-state index is 0.772. The molecule has 0 bridgehead atoms. The lowest BCUT2D eigenvalue weighted by molar-refractivity contribution is 0.646. The maximum Gasteiger partial charge on any atom is -0.0256 e. The number of fused-ring (bicyclic) bond motifs is 1. The number of rotatable bonds is 2. The van der Waals surface area contributed by atoms with Crippen LogP contribution in [0.1, 0.15) is 49.8 Å². The highest BCUT2D eigenvalue weighted by molar-refractivity contribution is 5.33. The van der Waals surface area contributed by atoms with Crippen LogP contribution in [0.2, 0.25) is 0 Å². The molecule has 0 aliphatic heterocycles. The number of hydrogen-bond acceptors (Lipinski definition) is 0. The van der Waals surface area contributed by atoms with Crippen molar-refractivity contribution >= 4 is 0 Å². The summed E-state index contributed by atoms with van der Waals surface area (Å²) >= 11 is 0. The van der Waals surface area contributed by atoms with E-state index >= 15 is 0 Å². The first kappa shape index (κ1) is 10.7. The Labute approximate surface area is 93.7 Å². The number of benzene rings is 1. The van der Waals surface area contributed by atoms with Crippen LogP contribution >= 0.6 is 0 Å². The van der Waals surface area contributed by atoms with Crippen LogP contribution in [0.25, 0.3) is 0 Å². The van der Waals surface area contributed by atoms with Gasteiger partial charge in [-0.2, -0.15) is 0 Å². The Bertz CT molecular complexity index is 323. The molecule has 0 radical (unpaired) electrons. The van der Waals surface area contributed by atoms with Crippen LogP contribution in [0, 0.1) is 5.92 Å². The average Bonchev–Trinajstić information content (AvgIpc) is 2.41. The summed E-state index contributed by atoms with van der Waals surface area (Å²) in [5.74, 6) is 0.772. The van der Waals surface area contributed by atoms with Gasteiger partial charge in [0.2, 0.25) is 0 Å². The first-order valence-corrected chi connectivity index (χ1v) is 6.36. The Morgan fingerprint density at radius 3 is 2.47 bits per heavy atom. The maximum atomic E-state index is 2.46. The Morgan fingerprint density at radius 1 is 1.00 bits per heavy atom. The molecule has 0 heteroatoms. The zero-order chi connectivity index (χ0) is 10.7. The highest BCUT2D eigenvalue weighted by atomic mass is 14.1. The van der Waals surface area contributed by atoms with Crippen LogP contribution in [0.5, 0.6) is 0 Å². The van der Waals surface area contributed by atoms with E-state index < -0.39 is 0 Å². The summed E-state index contributed by atoms with van der Waals surface area (Å²) in [6.07, 6.45) is 8.02. The molecule has 0 aromatic heterocycles. The normalized spacial score (nSPS) is 16.2. The van der Waals surface area contributed by atoms with Crippen molar-refractivity contribution in [2.45, 2.75) is 52.4 Å². The largest absolute Gasteiger partial charge is 0.0625 e. The van der Waals surface area contributed by atoms with E-state index in [9.17, 15) is 0 Å². The van der Waals surface area contributed by atoms with Crippen molar-refractivity contribution in [1.82, 2.24) is 0 Å². The molecule has 1 aliphatic carbocycles. The van der Waals surface area contributed by atoms with Crippen LogP contribution in [0.3, 0.4) is 0 Å². The van der Waals surface area contributed by atoms with Crippen molar-refractivity contribution in [3.05, 3.63) is 34.9 Å². The van der Waals surface area contributed by atoms with E-state index in [1.807, 2.05) is 0 Å². The van der Waals surface area contributed by atoms with Crippen LogP contribution in [-0.2, 0) is 19.3 Å². The maximum absolute atomic E-state index is 2.46. The Morgan fingerprint density at radius 2 is 1.73 bits per heavy atom. The van der Waals surface area contributed by atoms with E-state index in [1.54, 1.807) is 11.1 Å². The van der Waals surface area contributed by atoms with Gasteiger partial charge in [0.1, 0.15) is 0 Å². The molecule has 0 saturated heterocycles. The van der Waals surface area contributed by atoms with Gasteiger partial charge >= 0.3 is 0 Å². The molecule has 82 valence electrons. The van der Waals surface area contributed by atoms with E-state index in [0.717, 1.165) is 5.92 Å². The molecule has 1 aromatic carbocycles. The summed E-state index contributed by atoms with van der Waals surface area (Å²) < 4.78 is 0. The van der Waals surface area contributed by atoms with Crippen molar-refractivity contribution in [2.24, 2.45) is 5.92 Å². The van der Waals surface area contributed by atoms with E-state index in [1.165, 1.54) is 44.1 Å². The van der Waals surface area contributed by atoms with Gasteiger partial charge in [-0.25, -0.2) is 0 Å². The van der Waals surface area contributed by atoms with E-state index in [2.05, 4.69) is 32.0 Å². The van der Waals surface area contributed by atoms with E-state index in [0.29, 0.717) is 0 Å². The van der Waals surface area contributed by atoms with Gasteiger partial charge in [0.05, 0.1) is 0 Å². The summed E-state index contributed by atoms with van der Waals surface area (Å²) in [4.78, 5) is 0. The van der Waals surface area contributed by atoms with E-state index in [4.69, 9.17) is 0 Å². The molecule has 1 aromatic rings. The van der Waals surface area contributed by atoms with Gasteiger partial charge in [-0.3, -0.25) is 0 Å². The number of aryl methyl sites for hydroxylation is 2. The summed E-state index contributed by atoms with van der Waals surface area (Å²) in [5, 5.41) is 0. The lowest BCUT2D eigenvalue weighted by Gasteiger charge is -2.10. The Kier molecular flexibility index (Phi) is 3.45. The van der Waals surface area contributed by atoms with Crippen LogP contribution in [-0.4, -0.2) is 0 Å². The van der Waals surface area contributed by atoms with Crippen LogP contribution in [0.15, 0.2) is 18.2 Å². The standard InChI is InChI=1S/C15H22/c1-12(2)10-13-8-9-14-6-4-3-5-7-15(14)11-13/h8-9,11-12H,3-7,10H2,1-2H3. The van der Waals surface area contributed by atoms with Crippen molar-refractivity contribution in [3.63, 3.8) is 0 Å². The fourth-order valence-corrected chi connectivity index (χ4v) is 2.56. The molecule has 0 amide bonds. The Hall–Kier alpha value is -0.780. The molecule has 0 unspecified atom stereocenters. The lowest BCUT2D eigenvalue weighted by Crippen LogP contribution is -1.97. The summed E-state index contributed by atoms with van der Waals surface area (Å²) in [5.41, 5.74) is 4.77. The highest BCUT2D eigenvalue weighted by Crippen LogP contribution is 2.22. The SMILES string of the molecule is CC(C)Cc1ccc2c(c1)CCCCC2. The molecule has 0 nitrogen and oxygen atoms in total. The predicted octanol–water partition coefficient (Wildman–Crippen LogP) is 4.15. The van der Waals surface area contributed by atoms with Crippen molar-refractivity contribution in [2.75, 3.05) is 0 Å². The van der Waals surface area contributed by atoms with Gasteiger partial charge in [0.15, 0.2) is 0 Å². The molecule has 0 fully saturated rings. The minimum atomic E-state index is 0.772. The average molecular weight is 202 g/mol. The van der Waals surface area contributed by atoms with Crippen molar-refractivity contribution < 1.29 is 0 Å². The monoisotopic (exact) mass is 202 g/mol. The molecule has 0 atom stereocenters. The summed E-state index contributed by atoms with van der Waals surface area (Å²) in [6.45, 7) is 4.59. The first-order valence-electron chi connectivity index (χ1n) is 6.36. The second-order valence-corrected chi connectivity index (χ2v) is 5.26. The molecule has 1 aliphatic rings. The smallest absolute Gasteiger partial charge is 0.0256 e. The third-order valence-electron chi connectivity index (χ3n) is 3.31. The molecule has 0 N–H and O–H groups in total. The topological polar surface area (TPSA) is 0 Å². The summed E-state index contributed by atoms with van der Waals surface area (Å²) in [6, 6.07) is 7.17. The predicted molar refractivity (Wildman–Crippen MR) is 66.2 cm³/mol. The van der Waals surface area contributed by atoms with Crippen LogP contribution in [0.4, 0.5) is 0 Å². The van der Waals surface area contributed by atoms with Crippen molar-refractivity contribution in [3.8, 4) is 0 Å². The van der Waals surface area contributed by atoms with Gasteiger partial charge in [-0.05, 0) is 54.7 Å². The third kappa shape index (κ3) is 2.84. The Balaban J connectivity index is 2.20. The second-order valence-electron chi connectivity index (χ2n) is 5.26. The fraction of sp³-hybridized carbons (Fsp3) is 0.600. The zero-order valence-electron chi connectivity index (χ0n) is 10.1. The minimum Gasteiger partial charge on any atom is -0.0625 e. The molecule has 0 saturated carbocycles.